The average Bonchev–Trinajstić information content (AvgIpc) is 2.55. The van der Waals surface area contributed by atoms with Gasteiger partial charge in [0, 0.05) is 18.9 Å². The van der Waals surface area contributed by atoms with Gasteiger partial charge in [-0.1, -0.05) is 29.8 Å². The number of benzene rings is 1. The predicted octanol–water partition coefficient (Wildman–Crippen LogP) is 3.22. The van der Waals surface area contributed by atoms with Gasteiger partial charge in [-0.2, -0.15) is 0 Å². The first-order valence-electron chi connectivity index (χ1n) is 7.63. The van der Waals surface area contributed by atoms with Crippen LogP contribution < -0.4 is 0 Å². The number of ether oxygens (including phenoxy) is 3. The Hall–Kier alpha value is -2.18. The van der Waals surface area contributed by atoms with Crippen LogP contribution in [0.3, 0.4) is 0 Å². The third-order valence-corrected chi connectivity index (χ3v) is 3.72. The molecule has 134 valence electrons. The molecule has 3 atom stereocenters. The third-order valence-electron chi connectivity index (χ3n) is 3.37. The molecule has 0 N–H and O–H groups in total. The summed E-state index contributed by atoms with van der Waals surface area (Å²) < 4.78 is 28.9. The molecule has 0 aliphatic carbocycles. The summed E-state index contributed by atoms with van der Waals surface area (Å²) >= 11 is 6.24. The Bertz CT molecular complexity index is 683. The van der Waals surface area contributed by atoms with Crippen molar-refractivity contribution >= 4 is 28.6 Å². The molecule has 25 heavy (non-hydrogen) atoms. The van der Waals surface area contributed by atoms with Crippen LogP contribution in [0.15, 0.2) is 42.5 Å². The summed E-state index contributed by atoms with van der Waals surface area (Å²) in [6.45, 7) is 2.51. The Balaban J connectivity index is 2.13. The first-order chi connectivity index (χ1) is 11.8. The van der Waals surface area contributed by atoms with E-state index < -0.39 is 30.3 Å². The molecule has 2 rings (SSSR count). The Kier molecular flexibility index (Phi) is 6.73. The Morgan fingerprint density at radius 1 is 1.20 bits per heavy atom. The average molecular weight is 369 g/mol. The second kappa shape index (κ2) is 8.78. The lowest BCUT2D eigenvalue weighted by atomic mass is 10.1. The number of carbonyl (C=O) groups excluding carboxylic acids is 2. The number of halogens is 2. The van der Waals surface area contributed by atoms with Crippen LogP contribution in [0.5, 0.6) is 0 Å². The molecule has 0 aromatic heterocycles. The monoisotopic (exact) mass is 368 g/mol. The van der Waals surface area contributed by atoms with Gasteiger partial charge in [0.15, 0.2) is 0 Å². The van der Waals surface area contributed by atoms with Gasteiger partial charge in [-0.25, -0.2) is 4.39 Å². The molecular weight excluding hydrogens is 351 g/mol. The smallest absolute Gasteiger partial charge is 0.303 e. The molecule has 1 aromatic rings. The second-order valence-corrected chi connectivity index (χ2v) is 5.83. The molecule has 5 nitrogen and oxygen atoms in total. The fourth-order valence-electron chi connectivity index (χ4n) is 2.25. The maximum atomic E-state index is 13.0. The van der Waals surface area contributed by atoms with Crippen molar-refractivity contribution in [2.75, 3.05) is 6.61 Å². The lowest BCUT2D eigenvalue weighted by Crippen LogP contribution is -2.41. The first kappa shape index (κ1) is 19.1. The SMILES string of the molecule is CC(=O)OC[C@H]1O[C@H](/C=C(/Cl)c2ccc(F)cc2)C=C[C@@H]1OC(C)=O. The van der Waals surface area contributed by atoms with Crippen LogP contribution in [0, 0.1) is 5.82 Å². The molecule has 1 heterocycles. The van der Waals surface area contributed by atoms with Gasteiger partial charge in [-0.15, -0.1) is 0 Å². The Labute approximate surface area is 150 Å². The van der Waals surface area contributed by atoms with E-state index in [1.54, 1.807) is 30.4 Å². The minimum absolute atomic E-state index is 0.0594. The quantitative estimate of drug-likeness (QED) is 0.590. The van der Waals surface area contributed by atoms with Crippen LogP contribution in [-0.2, 0) is 23.8 Å². The zero-order chi connectivity index (χ0) is 18.4. The van der Waals surface area contributed by atoms with E-state index in [0.717, 1.165) is 0 Å². The highest BCUT2D eigenvalue weighted by molar-refractivity contribution is 6.48. The summed E-state index contributed by atoms with van der Waals surface area (Å²) in [5.41, 5.74) is 0.638. The molecule has 0 unspecified atom stereocenters. The molecular formula is C18H18ClFO5. The molecule has 0 amide bonds. The van der Waals surface area contributed by atoms with E-state index >= 15 is 0 Å². The standard InChI is InChI=1S/C18H18ClFO5/c1-11(21)23-10-18-17(24-12(2)22)8-7-15(25-18)9-16(19)13-3-5-14(20)6-4-13/h3-9,15,17-18H,10H2,1-2H3/b16-9+/t15-,17-,18+/m0/s1. The summed E-state index contributed by atoms with van der Waals surface area (Å²) in [6, 6.07) is 5.73. The van der Waals surface area contributed by atoms with Crippen LogP contribution >= 0.6 is 11.6 Å². The first-order valence-corrected chi connectivity index (χ1v) is 8.00. The molecule has 7 heteroatoms. The van der Waals surface area contributed by atoms with E-state index in [4.69, 9.17) is 25.8 Å². The fraction of sp³-hybridized carbons (Fsp3) is 0.333. The Morgan fingerprint density at radius 3 is 2.48 bits per heavy atom. The minimum atomic E-state index is -0.661. The second-order valence-electron chi connectivity index (χ2n) is 5.42. The van der Waals surface area contributed by atoms with Crippen LogP contribution in [0.2, 0.25) is 0 Å². The molecule has 0 bridgehead atoms. The van der Waals surface area contributed by atoms with E-state index in [2.05, 4.69) is 0 Å². The van der Waals surface area contributed by atoms with Crippen molar-refractivity contribution in [3.8, 4) is 0 Å². The van der Waals surface area contributed by atoms with Crippen LogP contribution in [-0.4, -0.2) is 36.9 Å². The molecule has 1 aromatic carbocycles. The third kappa shape index (κ3) is 5.99. The van der Waals surface area contributed by atoms with Gasteiger partial charge in [-0.3, -0.25) is 9.59 Å². The number of esters is 2. The Morgan fingerprint density at radius 2 is 1.88 bits per heavy atom. The lowest BCUT2D eigenvalue weighted by molar-refractivity contribution is -0.161. The molecule has 0 spiro atoms. The van der Waals surface area contributed by atoms with E-state index in [0.29, 0.717) is 10.6 Å². The van der Waals surface area contributed by atoms with Crippen molar-refractivity contribution in [1.29, 1.82) is 0 Å². The van der Waals surface area contributed by atoms with Crippen molar-refractivity contribution in [1.82, 2.24) is 0 Å². The van der Waals surface area contributed by atoms with Crippen LogP contribution in [0.4, 0.5) is 4.39 Å². The van der Waals surface area contributed by atoms with Crippen LogP contribution in [0.25, 0.3) is 5.03 Å². The molecule has 0 radical (unpaired) electrons. The predicted molar refractivity (Wildman–Crippen MR) is 90.2 cm³/mol. The minimum Gasteiger partial charge on any atom is -0.463 e. The van der Waals surface area contributed by atoms with Gasteiger partial charge >= 0.3 is 11.9 Å². The summed E-state index contributed by atoms with van der Waals surface area (Å²) in [4.78, 5) is 22.2. The zero-order valence-electron chi connectivity index (χ0n) is 13.8. The topological polar surface area (TPSA) is 61.8 Å². The van der Waals surface area contributed by atoms with E-state index in [1.807, 2.05) is 0 Å². The number of carbonyl (C=O) groups is 2. The van der Waals surface area contributed by atoms with Gasteiger partial charge in [-0.05, 0) is 29.8 Å². The highest BCUT2D eigenvalue weighted by Gasteiger charge is 2.30. The van der Waals surface area contributed by atoms with Gasteiger partial charge in [0.2, 0.25) is 0 Å². The molecule has 1 aliphatic rings. The van der Waals surface area contributed by atoms with Gasteiger partial charge in [0.25, 0.3) is 0 Å². The molecule has 0 saturated heterocycles. The largest absolute Gasteiger partial charge is 0.463 e. The summed E-state index contributed by atoms with van der Waals surface area (Å²) in [6.07, 6.45) is 3.15. The van der Waals surface area contributed by atoms with Crippen molar-refractivity contribution < 1.29 is 28.2 Å². The normalized spacial score (nSPS) is 23.2. The zero-order valence-corrected chi connectivity index (χ0v) is 14.5. The summed E-state index contributed by atoms with van der Waals surface area (Å²) in [5.74, 6) is -1.28. The van der Waals surface area contributed by atoms with Crippen LogP contribution in [0.1, 0.15) is 19.4 Å². The van der Waals surface area contributed by atoms with Gasteiger partial charge in [0.05, 0.1) is 6.10 Å². The maximum absolute atomic E-state index is 13.0. The highest BCUT2D eigenvalue weighted by atomic mass is 35.5. The molecule has 1 aliphatic heterocycles. The van der Waals surface area contributed by atoms with Gasteiger partial charge < -0.3 is 14.2 Å². The summed E-state index contributed by atoms with van der Waals surface area (Å²) in [7, 11) is 0. The van der Waals surface area contributed by atoms with Crippen molar-refractivity contribution in [2.24, 2.45) is 0 Å². The van der Waals surface area contributed by atoms with Crippen molar-refractivity contribution in [2.45, 2.75) is 32.2 Å². The maximum Gasteiger partial charge on any atom is 0.303 e. The van der Waals surface area contributed by atoms with E-state index in [9.17, 15) is 14.0 Å². The molecule has 0 fully saturated rings. The van der Waals surface area contributed by atoms with E-state index in [1.165, 1.54) is 26.0 Å². The number of hydrogen-bond donors (Lipinski definition) is 0. The van der Waals surface area contributed by atoms with Gasteiger partial charge in [0.1, 0.15) is 24.6 Å². The lowest BCUT2D eigenvalue weighted by Gasteiger charge is -2.30. The van der Waals surface area contributed by atoms with Crippen molar-refractivity contribution in [3.63, 3.8) is 0 Å². The highest BCUT2D eigenvalue weighted by Crippen LogP contribution is 2.24. The van der Waals surface area contributed by atoms with Crippen molar-refractivity contribution in [3.05, 3.63) is 53.9 Å². The number of rotatable bonds is 5. The van der Waals surface area contributed by atoms with E-state index in [-0.39, 0.29) is 12.4 Å². The number of hydrogen-bond acceptors (Lipinski definition) is 5. The molecule has 0 saturated carbocycles. The fourth-order valence-corrected chi connectivity index (χ4v) is 2.50. The summed E-state index contributed by atoms with van der Waals surface area (Å²) in [5, 5.41) is 0.381.